The first-order valence-electron chi connectivity index (χ1n) is 15.7. The van der Waals surface area contributed by atoms with E-state index in [1.807, 2.05) is 0 Å². The van der Waals surface area contributed by atoms with E-state index in [2.05, 4.69) is 15.2 Å². The Balaban J connectivity index is 1.13. The number of carbonyl (C=O) groups excluding carboxylic acids is 2. The van der Waals surface area contributed by atoms with Gasteiger partial charge in [0.1, 0.15) is 23.5 Å². The Hall–Kier alpha value is -5.25. The number of carboxylic acid groups (broad SMARTS) is 1. The molecule has 0 bridgehead atoms. The number of carbonyl (C=O) groups is 3. The van der Waals surface area contributed by atoms with Crippen LogP contribution in [-0.4, -0.2) is 89.6 Å². The molecular weight excluding hydrogens is 709 g/mol. The van der Waals surface area contributed by atoms with Gasteiger partial charge in [0.15, 0.2) is 10.8 Å². The summed E-state index contributed by atoms with van der Waals surface area (Å²) < 4.78 is 49.3. The van der Waals surface area contributed by atoms with Gasteiger partial charge in [-0.25, -0.2) is 32.5 Å². The Morgan fingerprint density at radius 3 is 2.47 bits per heavy atom. The lowest BCUT2D eigenvalue weighted by Crippen LogP contribution is -2.53. The number of esters is 1. The van der Waals surface area contributed by atoms with Crippen LogP contribution in [0.1, 0.15) is 27.0 Å². The molecule has 2 saturated heterocycles. The Kier molecular flexibility index (Phi) is 9.26. The summed E-state index contributed by atoms with van der Waals surface area (Å²) in [5, 5.41) is 14.8. The second-order valence-electron chi connectivity index (χ2n) is 12.0. The molecular formula is C35H28ClF3N6O5S. The summed E-state index contributed by atoms with van der Waals surface area (Å²) in [6.07, 6.45) is 1.63. The number of thiazole rings is 1. The van der Waals surface area contributed by atoms with E-state index in [-0.39, 0.29) is 58.1 Å². The molecule has 0 aliphatic carbocycles. The summed E-state index contributed by atoms with van der Waals surface area (Å²) in [6.45, 7) is 1.68. The number of nitrogens with zero attached hydrogens (tertiary/aromatic N) is 5. The number of anilines is 1. The lowest BCUT2D eigenvalue weighted by atomic mass is 9.95. The number of hydrogen-bond acceptors (Lipinski definition) is 9. The Morgan fingerprint density at radius 2 is 1.80 bits per heavy atom. The molecule has 0 radical (unpaired) electrons. The highest BCUT2D eigenvalue weighted by Gasteiger charge is 2.42. The molecule has 3 aliphatic heterocycles. The first-order chi connectivity index (χ1) is 24.5. The molecule has 2 atom stereocenters. The van der Waals surface area contributed by atoms with Gasteiger partial charge in [-0.05, 0) is 42.5 Å². The van der Waals surface area contributed by atoms with Crippen molar-refractivity contribution in [2.75, 3.05) is 44.7 Å². The molecule has 0 spiro atoms. The van der Waals surface area contributed by atoms with Crippen LogP contribution < -0.4 is 10.2 Å². The molecule has 4 heterocycles. The summed E-state index contributed by atoms with van der Waals surface area (Å²) >= 11 is 7.81. The van der Waals surface area contributed by atoms with Crippen LogP contribution in [0.4, 0.5) is 23.7 Å². The Morgan fingerprint density at radius 1 is 1.04 bits per heavy atom. The van der Waals surface area contributed by atoms with Crippen LogP contribution in [0.3, 0.4) is 0 Å². The van der Waals surface area contributed by atoms with E-state index in [4.69, 9.17) is 26.4 Å². The van der Waals surface area contributed by atoms with Crippen molar-refractivity contribution in [3.63, 3.8) is 0 Å². The van der Waals surface area contributed by atoms with Crippen LogP contribution >= 0.6 is 22.9 Å². The van der Waals surface area contributed by atoms with Crippen LogP contribution in [0.2, 0.25) is 5.02 Å². The molecule has 0 saturated carbocycles. The number of piperazine rings is 1. The molecule has 51 heavy (non-hydrogen) atoms. The number of aromatic nitrogens is 1. The number of halogens is 4. The molecule has 262 valence electrons. The van der Waals surface area contributed by atoms with Gasteiger partial charge in [0, 0.05) is 77.4 Å². The SMILES string of the molecule is COC(=O)C1=C(CN2CCN3C(=O)N(c4ccc(-c5ccc(C(=O)O)cc5F)c(F)c4)C[C@@H]3C2)NC(c2nccs2)=NC1c1ccc(F)cc1Cl. The minimum atomic E-state index is -1.30. The third-order valence-electron chi connectivity index (χ3n) is 9.01. The average molecular weight is 737 g/mol. The number of aliphatic imine (C=N–C) groups is 1. The molecule has 11 nitrogen and oxygen atoms in total. The molecule has 1 unspecified atom stereocenters. The van der Waals surface area contributed by atoms with Crippen LogP contribution in [0, 0.1) is 17.5 Å². The van der Waals surface area contributed by atoms with Gasteiger partial charge >= 0.3 is 18.0 Å². The number of carboxylic acids is 1. The van der Waals surface area contributed by atoms with Gasteiger partial charge in [0.05, 0.1) is 24.3 Å². The van der Waals surface area contributed by atoms with Gasteiger partial charge in [-0.3, -0.25) is 14.8 Å². The van der Waals surface area contributed by atoms with E-state index >= 15 is 4.39 Å². The van der Waals surface area contributed by atoms with E-state index in [0.29, 0.717) is 41.7 Å². The topological polar surface area (TPSA) is 128 Å². The first-order valence-corrected chi connectivity index (χ1v) is 16.9. The van der Waals surface area contributed by atoms with Crippen LogP contribution in [0.15, 0.2) is 82.4 Å². The molecule has 16 heteroatoms. The molecule has 2 fully saturated rings. The van der Waals surface area contributed by atoms with E-state index in [1.165, 1.54) is 59.7 Å². The van der Waals surface area contributed by atoms with Gasteiger partial charge < -0.3 is 20.1 Å². The van der Waals surface area contributed by atoms with Crippen molar-refractivity contribution < 1.29 is 37.4 Å². The van der Waals surface area contributed by atoms with E-state index in [1.54, 1.807) is 16.5 Å². The number of urea groups is 1. The van der Waals surface area contributed by atoms with Crippen LogP contribution in [0.5, 0.6) is 0 Å². The monoisotopic (exact) mass is 736 g/mol. The maximum atomic E-state index is 15.4. The van der Waals surface area contributed by atoms with E-state index in [0.717, 1.165) is 18.2 Å². The number of amides is 2. The molecule has 1 aromatic heterocycles. The number of rotatable bonds is 8. The van der Waals surface area contributed by atoms with Gasteiger partial charge in [-0.2, -0.15) is 0 Å². The van der Waals surface area contributed by atoms with Crippen molar-refractivity contribution in [3.05, 3.63) is 116 Å². The van der Waals surface area contributed by atoms with E-state index < -0.39 is 35.4 Å². The third kappa shape index (κ3) is 6.55. The van der Waals surface area contributed by atoms with Crippen molar-refractivity contribution in [3.8, 4) is 11.1 Å². The summed E-state index contributed by atoms with van der Waals surface area (Å²) in [6, 6.07) is 9.65. The summed E-state index contributed by atoms with van der Waals surface area (Å²) in [5.41, 5.74) is 0.951. The summed E-state index contributed by atoms with van der Waals surface area (Å²) in [7, 11) is 1.26. The maximum Gasteiger partial charge on any atom is 0.338 e. The fraction of sp³-hybridized carbons (Fsp3) is 0.229. The second-order valence-corrected chi connectivity index (χ2v) is 13.3. The predicted molar refractivity (Wildman–Crippen MR) is 183 cm³/mol. The van der Waals surface area contributed by atoms with Crippen molar-refractivity contribution in [2.45, 2.75) is 12.1 Å². The highest BCUT2D eigenvalue weighted by molar-refractivity contribution is 7.11. The second kappa shape index (κ2) is 13.8. The number of hydrogen-bond donors (Lipinski definition) is 2. The Labute approximate surface area is 298 Å². The van der Waals surface area contributed by atoms with Gasteiger partial charge in [-0.1, -0.05) is 23.7 Å². The summed E-state index contributed by atoms with van der Waals surface area (Å²) in [4.78, 5) is 52.4. The van der Waals surface area contributed by atoms with Crippen molar-refractivity contribution in [2.24, 2.45) is 4.99 Å². The number of aromatic carboxylic acids is 1. The molecule has 2 N–H and O–H groups in total. The molecule has 3 aliphatic rings. The zero-order valence-electron chi connectivity index (χ0n) is 26.8. The largest absolute Gasteiger partial charge is 0.478 e. The first kappa shape index (κ1) is 34.2. The highest BCUT2D eigenvalue weighted by atomic mass is 35.5. The van der Waals surface area contributed by atoms with Crippen molar-refractivity contribution in [1.82, 2.24) is 20.1 Å². The smallest absolute Gasteiger partial charge is 0.338 e. The number of methoxy groups -OCH3 is 1. The average Bonchev–Trinajstić information content (AvgIpc) is 3.76. The fourth-order valence-electron chi connectivity index (χ4n) is 6.58. The number of amidine groups is 1. The zero-order chi connectivity index (χ0) is 36.0. The number of nitrogens with one attached hydrogen (secondary N) is 1. The maximum absolute atomic E-state index is 15.4. The van der Waals surface area contributed by atoms with Crippen molar-refractivity contribution in [1.29, 1.82) is 0 Å². The lowest BCUT2D eigenvalue weighted by Gasteiger charge is -2.38. The number of benzene rings is 3. The lowest BCUT2D eigenvalue weighted by molar-refractivity contribution is -0.136. The minimum Gasteiger partial charge on any atom is -0.478 e. The molecule has 4 aromatic rings. The fourth-order valence-corrected chi connectivity index (χ4v) is 7.44. The third-order valence-corrected chi connectivity index (χ3v) is 10.1. The summed E-state index contributed by atoms with van der Waals surface area (Å²) in [5.74, 6) is -3.73. The minimum absolute atomic E-state index is 0.0701. The number of fused-ring (bicyclic) bond motifs is 1. The normalized spacial score (nSPS) is 19.2. The van der Waals surface area contributed by atoms with Crippen LogP contribution in [0.25, 0.3) is 11.1 Å². The van der Waals surface area contributed by atoms with Crippen LogP contribution in [-0.2, 0) is 9.53 Å². The zero-order valence-corrected chi connectivity index (χ0v) is 28.3. The molecule has 7 rings (SSSR count). The molecule has 3 aromatic carbocycles. The Bertz CT molecular complexity index is 2130. The van der Waals surface area contributed by atoms with E-state index in [9.17, 15) is 23.2 Å². The highest BCUT2D eigenvalue weighted by Crippen LogP contribution is 2.38. The van der Waals surface area contributed by atoms with Crippen molar-refractivity contribution >= 4 is 52.4 Å². The van der Waals surface area contributed by atoms with Gasteiger partial charge in [-0.15, -0.1) is 11.3 Å². The standard InChI is InChI=1S/C35H28ClF3N6O5S/c1-50-34(48)29-28(41-31(32-40-8-11-51-32)42-30(29)24-6-3-19(37)13-25(24)36)17-43-9-10-44-21(15-43)16-45(35(44)49)20-4-7-23(27(39)14-20)22-5-2-18(33(46)47)12-26(22)38/h2-8,11-14,21,30H,9-10,15-17H2,1H3,(H,41,42)(H,46,47)/t21-,30?/m0/s1. The molecule has 2 amide bonds. The number of ether oxygens (including phenoxy) is 1. The predicted octanol–water partition coefficient (Wildman–Crippen LogP) is 5.72. The van der Waals surface area contributed by atoms with Gasteiger partial charge in [0.25, 0.3) is 0 Å². The van der Waals surface area contributed by atoms with Gasteiger partial charge in [0.2, 0.25) is 0 Å². The quantitative estimate of drug-likeness (QED) is 0.220.